The molecule has 0 radical (unpaired) electrons. The number of hydrogen-bond donors (Lipinski definition) is 0. The summed E-state index contributed by atoms with van der Waals surface area (Å²) in [5, 5.41) is 2.95. The number of carbonyl (C=O) groups is 1. The third-order valence-electron chi connectivity index (χ3n) is 9.15. The van der Waals surface area contributed by atoms with E-state index < -0.39 is 0 Å². The largest absolute Gasteiger partial charge is 0.462 e. The Labute approximate surface area is 259 Å². The van der Waals surface area contributed by atoms with Gasteiger partial charge in [-0.25, -0.2) is 0 Å². The Morgan fingerprint density at radius 2 is 1.98 bits per heavy atom. The summed E-state index contributed by atoms with van der Waals surface area (Å²) in [6.07, 6.45) is 7.36. The van der Waals surface area contributed by atoms with Gasteiger partial charge in [0, 0.05) is 68.6 Å². The first-order valence-corrected chi connectivity index (χ1v) is 15.6. The molecule has 3 aromatic rings. The van der Waals surface area contributed by atoms with E-state index in [4.69, 9.17) is 31.0 Å². The Morgan fingerprint density at radius 3 is 2.77 bits per heavy atom. The van der Waals surface area contributed by atoms with Gasteiger partial charge in [0.05, 0.1) is 23.9 Å². The van der Waals surface area contributed by atoms with Crippen LogP contribution in [0.2, 0.25) is 5.02 Å². The van der Waals surface area contributed by atoms with Gasteiger partial charge < -0.3 is 29.1 Å². The summed E-state index contributed by atoms with van der Waals surface area (Å²) >= 11 is 6.71. The summed E-state index contributed by atoms with van der Waals surface area (Å²) in [6.45, 7) is 4.92. The Kier molecular flexibility index (Phi) is 9.02. The van der Waals surface area contributed by atoms with Crippen LogP contribution in [0.15, 0.2) is 48.6 Å². The van der Waals surface area contributed by atoms with Crippen molar-refractivity contribution >= 4 is 39.8 Å². The molecule has 0 aliphatic carbocycles. The van der Waals surface area contributed by atoms with E-state index in [1.54, 1.807) is 19.3 Å². The lowest BCUT2D eigenvalue weighted by molar-refractivity contribution is -0.125. The Hall–Kier alpha value is -3.40. The summed E-state index contributed by atoms with van der Waals surface area (Å²) in [6, 6.07) is 13.3. The number of carbonyl (C=O) groups excluding carboxylic acids is 1. The molecule has 0 bridgehead atoms. The second-order valence-corrected chi connectivity index (χ2v) is 12.2. The fourth-order valence-corrected chi connectivity index (χ4v) is 6.91. The normalized spacial score (nSPS) is 20.7. The molecule has 4 heterocycles. The van der Waals surface area contributed by atoms with Crippen LogP contribution in [0.5, 0.6) is 6.01 Å². The first-order valence-electron chi connectivity index (χ1n) is 15.2. The molecule has 2 unspecified atom stereocenters. The molecular formula is C33H41ClN6O3. The highest BCUT2D eigenvalue weighted by atomic mass is 35.5. The quantitative estimate of drug-likeness (QED) is 0.329. The smallest absolute Gasteiger partial charge is 0.318 e. The number of ether oxygens (including phenoxy) is 2. The van der Waals surface area contributed by atoms with Crippen molar-refractivity contribution in [2.45, 2.75) is 44.3 Å². The van der Waals surface area contributed by atoms with Crippen LogP contribution in [-0.2, 0) is 22.5 Å². The van der Waals surface area contributed by atoms with Gasteiger partial charge in [0.15, 0.2) is 0 Å². The maximum Gasteiger partial charge on any atom is 0.318 e. The third kappa shape index (κ3) is 6.30. The minimum atomic E-state index is 0.0202. The van der Waals surface area contributed by atoms with E-state index in [-0.39, 0.29) is 11.9 Å². The molecule has 0 N–H and O–H groups in total. The van der Waals surface area contributed by atoms with Crippen LogP contribution in [0.3, 0.4) is 0 Å². The lowest BCUT2D eigenvalue weighted by Crippen LogP contribution is -2.39. The van der Waals surface area contributed by atoms with Crippen LogP contribution in [-0.4, -0.2) is 98.4 Å². The Bertz CT molecular complexity index is 1490. The summed E-state index contributed by atoms with van der Waals surface area (Å²) < 4.78 is 11.4. The first-order chi connectivity index (χ1) is 20.9. The highest BCUT2D eigenvalue weighted by molar-refractivity contribution is 6.36. The van der Waals surface area contributed by atoms with Crippen LogP contribution in [0, 0.1) is 0 Å². The van der Waals surface area contributed by atoms with E-state index in [9.17, 15) is 4.79 Å². The fraction of sp³-hybridized carbons (Fsp3) is 0.485. The number of likely N-dealkylation sites (tertiary alicyclic amines) is 2. The van der Waals surface area contributed by atoms with Gasteiger partial charge in [-0.1, -0.05) is 41.9 Å². The van der Waals surface area contributed by atoms with Gasteiger partial charge in [-0.3, -0.25) is 4.79 Å². The number of benzene rings is 2. The van der Waals surface area contributed by atoms with E-state index >= 15 is 0 Å². The number of hydrogen-bond acceptors (Lipinski definition) is 8. The van der Waals surface area contributed by atoms with E-state index in [2.05, 4.69) is 53.1 Å². The number of nitrogens with zero attached hydrogens (tertiary/aromatic N) is 6. The van der Waals surface area contributed by atoms with Gasteiger partial charge in [0.1, 0.15) is 12.4 Å². The summed E-state index contributed by atoms with van der Waals surface area (Å²) in [5.74, 6) is 0.927. The predicted molar refractivity (Wildman–Crippen MR) is 171 cm³/mol. The van der Waals surface area contributed by atoms with Gasteiger partial charge in [-0.05, 0) is 56.8 Å². The number of likely N-dealkylation sites (N-methyl/N-ethyl adjacent to an activating group) is 2. The zero-order valence-corrected chi connectivity index (χ0v) is 26.1. The molecule has 3 aliphatic rings. The van der Waals surface area contributed by atoms with Crippen LogP contribution in [0.4, 0.5) is 11.5 Å². The summed E-state index contributed by atoms with van der Waals surface area (Å²) in [7, 11) is 5.87. The van der Waals surface area contributed by atoms with Gasteiger partial charge in [0.2, 0.25) is 5.91 Å². The van der Waals surface area contributed by atoms with Crippen molar-refractivity contribution in [3.8, 4) is 6.01 Å². The number of anilines is 2. The number of amides is 1. The number of halogens is 1. The van der Waals surface area contributed by atoms with E-state index in [0.29, 0.717) is 44.9 Å². The zero-order chi connectivity index (χ0) is 29.9. The van der Waals surface area contributed by atoms with Crippen LogP contribution >= 0.6 is 11.6 Å². The molecule has 1 aromatic heterocycles. The molecule has 2 atom stereocenters. The maximum atomic E-state index is 12.7. The van der Waals surface area contributed by atoms with Crippen LogP contribution < -0.4 is 14.5 Å². The second kappa shape index (κ2) is 13.1. The van der Waals surface area contributed by atoms with Crippen molar-refractivity contribution in [1.82, 2.24) is 19.8 Å². The van der Waals surface area contributed by atoms with Crippen molar-refractivity contribution in [2.24, 2.45) is 0 Å². The summed E-state index contributed by atoms with van der Waals surface area (Å²) in [5.41, 5.74) is 3.25. The predicted octanol–water partition coefficient (Wildman–Crippen LogP) is 4.56. The molecule has 2 fully saturated rings. The fourth-order valence-electron chi connectivity index (χ4n) is 6.63. The molecule has 3 aliphatic heterocycles. The van der Waals surface area contributed by atoms with Gasteiger partial charge in [-0.2, -0.15) is 9.97 Å². The maximum absolute atomic E-state index is 12.7. The Balaban J connectivity index is 1.28. The molecule has 1 amide bonds. The molecule has 0 saturated carbocycles. The first kappa shape index (κ1) is 29.7. The molecule has 9 nitrogen and oxygen atoms in total. The number of aromatic nitrogens is 2. The average molecular weight is 605 g/mol. The Morgan fingerprint density at radius 1 is 1.14 bits per heavy atom. The molecule has 228 valence electrons. The molecule has 2 saturated heterocycles. The van der Waals surface area contributed by atoms with E-state index in [1.807, 2.05) is 17.0 Å². The minimum absolute atomic E-state index is 0.0202. The topological polar surface area (TPSA) is 74.3 Å². The van der Waals surface area contributed by atoms with Gasteiger partial charge >= 0.3 is 6.01 Å². The number of methoxy groups -OCH3 is 1. The zero-order valence-electron chi connectivity index (χ0n) is 25.3. The van der Waals surface area contributed by atoms with Crippen molar-refractivity contribution in [3.63, 3.8) is 0 Å². The molecule has 43 heavy (non-hydrogen) atoms. The van der Waals surface area contributed by atoms with Gasteiger partial charge in [-0.15, -0.1) is 0 Å². The highest BCUT2D eigenvalue weighted by Gasteiger charge is 2.33. The van der Waals surface area contributed by atoms with Crippen LogP contribution in [0.25, 0.3) is 10.8 Å². The van der Waals surface area contributed by atoms with Gasteiger partial charge in [0.25, 0.3) is 0 Å². The third-order valence-corrected chi connectivity index (χ3v) is 9.47. The summed E-state index contributed by atoms with van der Waals surface area (Å²) in [4.78, 5) is 31.6. The molecule has 0 spiro atoms. The van der Waals surface area contributed by atoms with E-state index in [1.165, 1.54) is 6.42 Å². The van der Waals surface area contributed by atoms with Crippen molar-refractivity contribution in [1.29, 1.82) is 0 Å². The second-order valence-electron chi connectivity index (χ2n) is 11.8. The minimum Gasteiger partial charge on any atom is -0.462 e. The van der Waals surface area contributed by atoms with E-state index in [0.717, 1.165) is 70.9 Å². The molecule has 2 aromatic carbocycles. The molecule has 10 heteroatoms. The average Bonchev–Trinajstić information content (AvgIpc) is 3.68. The monoisotopic (exact) mass is 604 g/mol. The molecule has 6 rings (SSSR count). The standard InChI is InChI=1S/C33H41ClN6O3/c1-37-16-6-10-25(37)22-43-33-35-28-21-39(29-12-5-9-23-8-4-11-27(34)31(23)29)18-15-26(28)32(36-33)38(2)24-14-17-40(20-24)30(41)13-7-19-42-3/h4-5,7-9,11-13,24-25H,6,10,14-22H2,1-3H3/b13-7+. The number of fused-ring (bicyclic) bond motifs is 2. The SMILES string of the molecule is COC/C=C/C(=O)N1CCC(N(C)c2nc(OCC3CCCN3C)nc3c2CCN(c2cccc4cccc(Cl)c24)C3)C1. The number of rotatable bonds is 9. The van der Waals surface area contributed by atoms with Crippen molar-refractivity contribution in [2.75, 3.05) is 70.4 Å². The highest BCUT2D eigenvalue weighted by Crippen LogP contribution is 2.37. The van der Waals surface area contributed by atoms with Crippen molar-refractivity contribution in [3.05, 3.63) is 64.8 Å². The lowest BCUT2D eigenvalue weighted by Gasteiger charge is -2.35. The van der Waals surface area contributed by atoms with Crippen LogP contribution in [0.1, 0.15) is 30.5 Å². The molecular weight excluding hydrogens is 564 g/mol. The lowest BCUT2D eigenvalue weighted by atomic mass is 10.0. The van der Waals surface area contributed by atoms with Crippen molar-refractivity contribution < 1.29 is 14.3 Å².